The minimum absolute atomic E-state index is 1.37. The molecule has 2 heteroatoms. The van der Waals surface area contributed by atoms with Crippen molar-refractivity contribution in [2.75, 3.05) is 11.5 Å². The van der Waals surface area contributed by atoms with E-state index in [4.69, 9.17) is 0 Å². The molecule has 38 heavy (non-hydrogen) atoms. The second kappa shape index (κ2) is 37.7. The predicted molar refractivity (Wildman–Crippen MR) is 184 cm³/mol. The summed E-state index contributed by atoms with van der Waals surface area (Å²) in [6.45, 7) is 4.61. The third-order valence-electron chi connectivity index (χ3n) is 8.25. The first-order chi connectivity index (χ1) is 18.9. The summed E-state index contributed by atoms with van der Waals surface area (Å²) in [5, 5.41) is 0. The third-order valence-corrected chi connectivity index (χ3v) is 10.8. The van der Waals surface area contributed by atoms with Gasteiger partial charge in [0.15, 0.2) is 0 Å². The lowest BCUT2D eigenvalue weighted by Gasteiger charge is -2.04. The molecule has 0 rings (SSSR count). The highest BCUT2D eigenvalue weighted by Gasteiger charge is 1.97. The largest absolute Gasteiger partial charge is 0.0942 e. The first-order valence-electron chi connectivity index (χ1n) is 18.2. The van der Waals surface area contributed by atoms with E-state index in [1.165, 1.54) is 217 Å². The highest BCUT2D eigenvalue weighted by Crippen LogP contribution is 2.25. The molecule has 0 saturated heterocycles. The van der Waals surface area contributed by atoms with Crippen molar-refractivity contribution < 1.29 is 0 Å². The van der Waals surface area contributed by atoms with Crippen molar-refractivity contribution in [2.45, 2.75) is 219 Å². The Morgan fingerprint density at radius 2 is 0.368 bits per heavy atom. The number of hydrogen-bond donors (Lipinski definition) is 0. The van der Waals surface area contributed by atoms with E-state index >= 15 is 0 Å². The molecule has 0 nitrogen and oxygen atoms in total. The lowest BCUT2D eigenvalue weighted by Crippen LogP contribution is -1.85. The van der Waals surface area contributed by atoms with Crippen molar-refractivity contribution in [1.82, 2.24) is 0 Å². The lowest BCUT2D eigenvalue weighted by atomic mass is 10.0. The zero-order chi connectivity index (χ0) is 27.5. The van der Waals surface area contributed by atoms with Gasteiger partial charge in [0.2, 0.25) is 0 Å². The van der Waals surface area contributed by atoms with Crippen molar-refractivity contribution in [2.24, 2.45) is 0 Å². The van der Waals surface area contributed by atoms with Gasteiger partial charge in [0, 0.05) is 11.5 Å². The van der Waals surface area contributed by atoms with Crippen LogP contribution in [-0.4, -0.2) is 11.5 Å². The molecule has 0 fully saturated rings. The molecule has 0 aliphatic rings. The summed E-state index contributed by atoms with van der Waals surface area (Å²) in [5.74, 6) is 2.75. The Labute approximate surface area is 251 Å². The van der Waals surface area contributed by atoms with E-state index in [1.807, 2.05) is 0 Å². The van der Waals surface area contributed by atoms with E-state index in [-0.39, 0.29) is 0 Å². The highest BCUT2D eigenvalue weighted by molar-refractivity contribution is 8.76. The van der Waals surface area contributed by atoms with Crippen molar-refractivity contribution in [3.05, 3.63) is 0 Å². The highest BCUT2D eigenvalue weighted by atomic mass is 33.1. The Balaban J connectivity index is 3.01. The number of unbranched alkanes of at least 4 members (excludes halogenated alkanes) is 30. The van der Waals surface area contributed by atoms with E-state index in [1.54, 1.807) is 0 Å². The first kappa shape index (κ1) is 38.7. The van der Waals surface area contributed by atoms with Crippen LogP contribution in [0.3, 0.4) is 0 Å². The fourth-order valence-electron chi connectivity index (χ4n) is 5.54. The molecule has 0 unspecified atom stereocenters. The normalized spacial score (nSPS) is 11.5. The van der Waals surface area contributed by atoms with Crippen molar-refractivity contribution in [1.29, 1.82) is 0 Å². The monoisotopic (exact) mass is 571 g/mol. The SMILES string of the molecule is CCCCCCCCCCCCCCCCCCSSCCCCCCCCCCCCCCCCCC. The zero-order valence-corrected chi connectivity index (χ0v) is 28.5. The van der Waals surface area contributed by atoms with Crippen LogP contribution in [0.15, 0.2) is 0 Å². The number of hydrogen-bond acceptors (Lipinski definition) is 2. The maximum Gasteiger partial charge on any atom is 0.00369 e. The van der Waals surface area contributed by atoms with Gasteiger partial charge in [0.1, 0.15) is 0 Å². The van der Waals surface area contributed by atoms with Gasteiger partial charge in [-0.25, -0.2) is 0 Å². The van der Waals surface area contributed by atoms with Crippen LogP contribution in [0.1, 0.15) is 219 Å². The van der Waals surface area contributed by atoms with Crippen LogP contribution in [0.4, 0.5) is 0 Å². The second-order valence-corrected chi connectivity index (χ2v) is 15.0. The van der Waals surface area contributed by atoms with Crippen LogP contribution in [0.25, 0.3) is 0 Å². The van der Waals surface area contributed by atoms with E-state index in [0.29, 0.717) is 0 Å². The van der Waals surface area contributed by atoms with Gasteiger partial charge < -0.3 is 0 Å². The molecule has 0 aromatic rings. The zero-order valence-electron chi connectivity index (χ0n) is 26.9. The molecule has 0 aliphatic heterocycles. The lowest BCUT2D eigenvalue weighted by molar-refractivity contribution is 0.531. The molecule has 0 atom stereocenters. The molecule has 0 aliphatic carbocycles. The molecule has 0 N–H and O–H groups in total. The summed E-state index contributed by atoms with van der Waals surface area (Å²) in [7, 11) is 4.29. The van der Waals surface area contributed by atoms with Gasteiger partial charge in [0.25, 0.3) is 0 Å². The third kappa shape index (κ3) is 36.7. The fraction of sp³-hybridized carbons (Fsp3) is 1.00. The van der Waals surface area contributed by atoms with Crippen molar-refractivity contribution in [3.63, 3.8) is 0 Å². The quantitative estimate of drug-likeness (QED) is 0.0549. The Hall–Kier alpha value is 0.700. The van der Waals surface area contributed by atoms with Gasteiger partial charge in [-0.1, -0.05) is 228 Å². The Morgan fingerprint density at radius 1 is 0.211 bits per heavy atom. The summed E-state index contributed by atoms with van der Waals surface area (Å²) in [6, 6.07) is 0. The first-order valence-corrected chi connectivity index (χ1v) is 20.6. The molecule has 0 spiro atoms. The van der Waals surface area contributed by atoms with Crippen molar-refractivity contribution >= 4 is 21.6 Å². The minimum atomic E-state index is 1.37. The van der Waals surface area contributed by atoms with E-state index in [0.717, 1.165) is 0 Å². The average molecular weight is 571 g/mol. The molecule has 0 heterocycles. The molecule has 0 aromatic heterocycles. The summed E-state index contributed by atoms with van der Waals surface area (Å²) >= 11 is 0. The van der Waals surface area contributed by atoms with Crippen LogP contribution < -0.4 is 0 Å². The summed E-state index contributed by atoms with van der Waals surface area (Å²) in [4.78, 5) is 0. The molecule has 0 radical (unpaired) electrons. The minimum Gasteiger partial charge on any atom is -0.0942 e. The van der Waals surface area contributed by atoms with Crippen molar-refractivity contribution in [3.8, 4) is 0 Å². The Kier molecular flexibility index (Phi) is 38.4. The van der Waals surface area contributed by atoms with Crippen LogP contribution in [0, 0.1) is 0 Å². The van der Waals surface area contributed by atoms with E-state index in [2.05, 4.69) is 35.4 Å². The smallest absolute Gasteiger partial charge is 0.00369 e. The number of rotatable bonds is 35. The van der Waals surface area contributed by atoms with Crippen LogP contribution in [-0.2, 0) is 0 Å². The van der Waals surface area contributed by atoms with Crippen LogP contribution in [0.2, 0.25) is 0 Å². The predicted octanol–water partition coefficient (Wildman–Crippen LogP) is 14.9. The van der Waals surface area contributed by atoms with Gasteiger partial charge in [-0.15, -0.1) is 0 Å². The molecule has 0 amide bonds. The molecule has 0 bridgehead atoms. The maximum absolute atomic E-state index is 2.31. The van der Waals surface area contributed by atoms with Gasteiger partial charge in [-0.2, -0.15) is 0 Å². The average Bonchev–Trinajstić information content (AvgIpc) is 2.93. The summed E-state index contributed by atoms with van der Waals surface area (Å²) in [5.41, 5.74) is 0. The molecule has 0 saturated carbocycles. The van der Waals surface area contributed by atoms with Gasteiger partial charge in [-0.05, 0) is 12.8 Å². The summed E-state index contributed by atoms with van der Waals surface area (Å²) < 4.78 is 0. The summed E-state index contributed by atoms with van der Waals surface area (Å²) in [6.07, 6.45) is 47.0. The van der Waals surface area contributed by atoms with E-state index < -0.39 is 0 Å². The van der Waals surface area contributed by atoms with Gasteiger partial charge >= 0.3 is 0 Å². The van der Waals surface area contributed by atoms with Gasteiger partial charge in [0.05, 0.1) is 0 Å². The maximum atomic E-state index is 2.31. The molecule has 0 aromatic carbocycles. The molecule has 230 valence electrons. The second-order valence-electron chi connectivity index (χ2n) is 12.3. The topological polar surface area (TPSA) is 0 Å². The molecular formula is C36H74S2. The molecular weight excluding hydrogens is 497 g/mol. The van der Waals surface area contributed by atoms with Crippen LogP contribution >= 0.6 is 21.6 Å². The Bertz CT molecular complexity index is 348. The Morgan fingerprint density at radius 3 is 0.553 bits per heavy atom. The van der Waals surface area contributed by atoms with Gasteiger partial charge in [-0.3, -0.25) is 0 Å². The standard InChI is InChI=1S/C36H74S2/c1-3-5-7-9-11-13-15-17-19-21-23-25-27-29-31-33-35-37-38-36-34-32-30-28-26-24-22-20-18-16-14-12-10-8-6-4-2/h3-36H2,1-2H3. The van der Waals surface area contributed by atoms with E-state index in [9.17, 15) is 0 Å². The fourth-order valence-corrected chi connectivity index (χ4v) is 7.83. The van der Waals surface area contributed by atoms with Crippen LogP contribution in [0.5, 0.6) is 0 Å².